The van der Waals surface area contributed by atoms with Crippen LogP contribution in [0.4, 0.5) is 0 Å². The minimum absolute atomic E-state index is 0.151. The fourth-order valence-corrected chi connectivity index (χ4v) is 1.43. The highest BCUT2D eigenvalue weighted by molar-refractivity contribution is 4.90. The first-order chi connectivity index (χ1) is 5.33. The molecule has 2 heterocycles. The zero-order valence-electron chi connectivity index (χ0n) is 5.84. The maximum absolute atomic E-state index is 9.16. The summed E-state index contributed by atoms with van der Waals surface area (Å²) in [5.74, 6) is 0. The highest BCUT2D eigenvalue weighted by Crippen LogP contribution is 2.28. The van der Waals surface area contributed by atoms with Crippen LogP contribution in [0.3, 0.4) is 0 Å². The highest BCUT2D eigenvalue weighted by Gasteiger charge is 2.48. The molecule has 0 saturated carbocycles. The summed E-state index contributed by atoms with van der Waals surface area (Å²) in [7, 11) is 0. The number of hydrogen-bond acceptors (Lipinski definition) is 5. The standard InChI is InChI=1S/C6H10O5/c7-1-3-4-5(6(8)11-3)10-2-9-4/h3-8H,1-2H2/t3-,4-,5-,6?/m1/s1. The fourth-order valence-electron chi connectivity index (χ4n) is 1.43. The number of hydrogen-bond donors (Lipinski definition) is 2. The summed E-state index contributed by atoms with van der Waals surface area (Å²) in [4.78, 5) is 0. The van der Waals surface area contributed by atoms with Gasteiger partial charge in [0.15, 0.2) is 6.29 Å². The summed E-state index contributed by atoms with van der Waals surface area (Å²) in [5.41, 5.74) is 0. The van der Waals surface area contributed by atoms with Crippen molar-refractivity contribution in [1.82, 2.24) is 0 Å². The predicted octanol–water partition coefficient (Wildman–Crippen LogP) is -1.56. The number of aliphatic hydroxyl groups excluding tert-OH is 2. The summed E-state index contributed by atoms with van der Waals surface area (Å²) in [6.45, 7) is 0.0217. The lowest BCUT2D eigenvalue weighted by molar-refractivity contribution is -0.162. The molecule has 2 aliphatic rings. The van der Waals surface area contributed by atoms with Crippen molar-refractivity contribution in [3.8, 4) is 0 Å². The van der Waals surface area contributed by atoms with E-state index in [1.807, 2.05) is 0 Å². The lowest BCUT2D eigenvalue weighted by Gasteiger charge is -2.10. The molecule has 0 aromatic carbocycles. The molecule has 0 spiro atoms. The maximum Gasteiger partial charge on any atom is 0.184 e. The molecule has 2 N–H and O–H groups in total. The van der Waals surface area contributed by atoms with Gasteiger partial charge in [0.05, 0.1) is 6.61 Å². The topological polar surface area (TPSA) is 68.2 Å². The zero-order valence-corrected chi connectivity index (χ0v) is 5.84. The Labute approximate surface area is 63.5 Å². The molecule has 1 unspecified atom stereocenters. The van der Waals surface area contributed by atoms with E-state index in [4.69, 9.17) is 24.4 Å². The fraction of sp³-hybridized carbons (Fsp3) is 1.00. The smallest absolute Gasteiger partial charge is 0.184 e. The largest absolute Gasteiger partial charge is 0.394 e. The minimum atomic E-state index is -0.959. The summed E-state index contributed by atoms with van der Waals surface area (Å²) in [6.07, 6.45) is -2.14. The van der Waals surface area contributed by atoms with E-state index < -0.39 is 18.5 Å². The Bertz CT molecular complexity index is 150. The lowest BCUT2D eigenvalue weighted by atomic mass is 10.1. The molecule has 2 aliphatic heterocycles. The predicted molar refractivity (Wildman–Crippen MR) is 32.6 cm³/mol. The summed E-state index contributed by atoms with van der Waals surface area (Å²) >= 11 is 0. The van der Waals surface area contributed by atoms with Crippen molar-refractivity contribution in [2.45, 2.75) is 24.6 Å². The van der Waals surface area contributed by atoms with Gasteiger partial charge < -0.3 is 24.4 Å². The van der Waals surface area contributed by atoms with Crippen molar-refractivity contribution >= 4 is 0 Å². The van der Waals surface area contributed by atoms with Crippen molar-refractivity contribution in [2.24, 2.45) is 0 Å². The third-order valence-corrected chi connectivity index (χ3v) is 1.99. The summed E-state index contributed by atoms with van der Waals surface area (Å²) in [6, 6.07) is 0. The van der Waals surface area contributed by atoms with Gasteiger partial charge in [-0.15, -0.1) is 0 Å². The van der Waals surface area contributed by atoms with Gasteiger partial charge in [-0.05, 0) is 0 Å². The highest BCUT2D eigenvalue weighted by atomic mass is 16.8. The van der Waals surface area contributed by atoms with Crippen LogP contribution in [0.25, 0.3) is 0 Å². The first kappa shape index (κ1) is 7.45. The number of rotatable bonds is 1. The van der Waals surface area contributed by atoms with Gasteiger partial charge in [0.1, 0.15) is 25.1 Å². The van der Waals surface area contributed by atoms with Crippen LogP contribution in [-0.2, 0) is 14.2 Å². The van der Waals surface area contributed by atoms with E-state index in [-0.39, 0.29) is 19.5 Å². The molecule has 5 heteroatoms. The Morgan fingerprint density at radius 1 is 1.27 bits per heavy atom. The van der Waals surface area contributed by atoms with Crippen molar-refractivity contribution < 1.29 is 24.4 Å². The summed E-state index contributed by atoms with van der Waals surface area (Å²) < 4.78 is 15.0. The SMILES string of the molecule is OC[C@H]1OC(O)[C@@H]2OCO[C@H]12. The first-order valence-electron chi connectivity index (χ1n) is 3.50. The van der Waals surface area contributed by atoms with Crippen molar-refractivity contribution in [3.05, 3.63) is 0 Å². The van der Waals surface area contributed by atoms with Crippen LogP contribution in [0.2, 0.25) is 0 Å². The second-order valence-corrected chi connectivity index (χ2v) is 2.63. The molecule has 4 atom stereocenters. The van der Waals surface area contributed by atoms with Crippen LogP contribution in [0.15, 0.2) is 0 Å². The van der Waals surface area contributed by atoms with Crippen LogP contribution in [0.5, 0.6) is 0 Å². The van der Waals surface area contributed by atoms with Gasteiger partial charge in [-0.1, -0.05) is 0 Å². The van der Waals surface area contributed by atoms with Gasteiger partial charge in [0.25, 0.3) is 0 Å². The van der Waals surface area contributed by atoms with Gasteiger partial charge in [-0.25, -0.2) is 0 Å². The van der Waals surface area contributed by atoms with E-state index in [1.54, 1.807) is 0 Å². The van der Waals surface area contributed by atoms with E-state index in [9.17, 15) is 0 Å². The molecule has 0 amide bonds. The normalized spacial score (nSPS) is 49.6. The number of ether oxygens (including phenoxy) is 3. The van der Waals surface area contributed by atoms with Crippen LogP contribution in [-0.4, -0.2) is 48.2 Å². The molecule has 0 radical (unpaired) electrons. The Hall–Kier alpha value is -0.200. The Morgan fingerprint density at radius 2 is 2.00 bits per heavy atom. The summed E-state index contributed by atoms with van der Waals surface area (Å²) in [5, 5.41) is 17.9. The minimum Gasteiger partial charge on any atom is -0.394 e. The molecule has 2 rings (SSSR count). The quantitative estimate of drug-likeness (QED) is 0.488. The zero-order chi connectivity index (χ0) is 7.84. The van der Waals surface area contributed by atoms with Gasteiger partial charge in [-0.3, -0.25) is 0 Å². The number of fused-ring (bicyclic) bond motifs is 1. The lowest BCUT2D eigenvalue weighted by Crippen LogP contribution is -2.31. The van der Waals surface area contributed by atoms with E-state index in [2.05, 4.69) is 0 Å². The maximum atomic E-state index is 9.16. The average molecular weight is 162 g/mol. The van der Waals surface area contributed by atoms with Crippen LogP contribution in [0, 0.1) is 0 Å². The van der Waals surface area contributed by atoms with Crippen molar-refractivity contribution in [2.75, 3.05) is 13.4 Å². The molecule has 2 fully saturated rings. The van der Waals surface area contributed by atoms with Gasteiger partial charge in [-0.2, -0.15) is 0 Å². The molecule has 0 bridgehead atoms. The van der Waals surface area contributed by atoms with Crippen molar-refractivity contribution in [3.63, 3.8) is 0 Å². The van der Waals surface area contributed by atoms with Crippen LogP contribution in [0.1, 0.15) is 0 Å². The molecular weight excluding hydrogens is 152 g/mol. The molecule has 0 aromatic rings. The second kappa shape index (κ2) is 2.69. The first-order valence-corrected chi connectivity index (χ1v) is 3.50. The van der Waals surface area contributed by atoms with E-state index >= 15 is 0 Å². The molecular formula is C6H10O5. The van der Waals surface area contributed by atoms with Crippen LogP contribution < -0.4 is 0 Å². The van der Waals surface area contributed by atoms with E-state index in [0.717, 1.165) is 0 Å². The third-order valence-electron chi connectivity index (χ3n) is 1.99. The van der Waals surface area contributed by atoms with Crippen LogP contribution >= 0.6 is 0 Å². The van der Waals surface area contributed by atoms with E-state index in [1.165, 1.54) is 0 Å². The second-order valence-electron chi connectivity index (χ2n) is 2.63. The Balaban J connectivity index is 2.07. The Kier molecular flexibility index (Phi) is 1.82. The van der Waals surface area contributed by atoms with Crippen molar-refractivity contribution in [1.29, 1.82) is 0 Å². The monoisotopic (exact) mass is 162 g/mol. The van der Waals surface area contributed by atoms with E-state index in [0.29, 0.717) is 0 Å². The Morgan fingerprint density at radius 3 is 2.73 bits per heavy atom. The molecule has 11 heavy (non-hydrogen) atoms. The molecule has 2 saturated heterocycles. The van der Waals surface area contributed by atoms with Gasteiger partial charge >= 0.3 is 0 Å². The van der Waals surface area contributed by atoms with Gasteiger partial charge in [0.2, 0.25) is 0 Å². The average Bonchev–Trinajstić information content (AvgIpc) is 2.54. The van der Waals surface area contributed by atoms with Gasteiger partial charge in [0, 0.05) is 0 Å². The third kappa shape index (κ3) is 1.05. The molecule has 0 aromatic heterocycles. The molecule has 5 nitrogen and oxygen atoms in total. The molecule has 64 valence electrons. The number of aliphatic hydroxyl groups is 2. The molecule has 0 aliphatic carbocycles.